The highest BCUT2D eigenvalue weighted by Gasteiger charge is 2.23. The van der Waals surface area contributed by atoms with E-state index in [9.17, 15) is 18.0 Å². The van der Waals surface area contributed by atoms with Crippen molar-refractivity contribution in [2.45, 2.75) is 26.2 Å². The van der Waals surface area contributed by atoms with Crippen molar-refractivity contribution < 1.29 is 18.0 Å². The minimum Gasteiger partial charge on any atom is -0.404 e. The molecule has 1 amide bonds. The number of allylic oxidation sites excluding steroid dienone is 1. The highest BCUT2D eigenvalue weighted by atomic mass is 19.3. The van der Waals surface area contributed by atoms with Crippen molar-refractivity contribution in [3.8, 4) is 0 Å². The Hall–Kier alpha value is -3.29. The molecule has 8 heteroatoms. The highest BCUT2D eigenvalue weighted by molar-refractivity contribution is 6.10. The smallest absolute Gasteiger partial charge is 0.264 e. The van der Waals surface area contributed by atoms with Crippen LogP contribution in [0.5, 0.6) is 0 Å². The van der Waals surface area contributed by atoms with E-state index in [4.69, 9.17) is 5.73 Å². The normalized spacial score (nSPS) is 17.1. The molecule has 3 rings (SSSR count). The zero-order valence-corrected chi connectivity index (χ0v) is 16.7. The Labute approximate surface area is 172 Å². The number of alkyl halides is 2. The summed E-state index contributed by atoms with van der Waals surface area (Å²) in [6.07, 6.45) is 0.538. The SMILES string of the molecule is CN=CC(=CN)c1cc(F)c(Nc2cccc3c2C[C@H](C)CC(=O)N3)cc1C(F)F. The van der Waals surface area contributed by atoms with Crippen LogP contribution < -0.4 is 16.4 Å². The number of nitrogens with zero attached hydrogens (tertiary/aromatic N) is 1. The van der Waals surface area contributed by atoms with Crippen LogP contribution in [0.1, 0.15) is 36.5 Å². The van der Waals surface area contributed by atoms with E-state index in [2.05, 4.69) is 15.6 Å². The van der Waals surface area contributed by atoms with Crippen molar-refractivity contribution in [3.05, 3.63) is 59.0 Å². The van der Waals surface area contributed by atoms with Gasteiger partial charge >= 0.3 is 0 Å². The number of carbonyl (C=O) groups is 1. The highest BCUT2D eigenvalue weighted by Crippen LogP contribution is 2.36. The second-order valence-corrected chi connectivity index (χ2v) is 7.25. The summed E-state index contributed by atoms with van der Waals surface area (Å²) < 4.78 is 42.3. The van der Waals surface area contributed by atoms with Crippen LogP contribution in [0.2, 0.25) is 0 Å². The molecule has 2 aromatic carbocycles. The molecule has 0 aromatic heterocycles. The van der Waals surface area contributed by atoms with E-state index in [1.165, 1.54) is 13.3 Å². The Morgan fingerprint density at radius 3 is 2.73 bits per heavy atom. The number of fused-ring (bicyclic) bond motifs is 1. The molecule has 0 aliphatic carbocycles. The predicted octanol–water partition coefficient (Wildman–Crippen LogP) is 5.03. The molecule has 30 heavy (non-hydrogen) atoms. The van der Waals surface area contributed by atoms with E-state index in [0.29, 0.717) is 24.2 Å². The molecule has 0 saturated heterocycles. The Bertz CT molecular complexity index is 1020. The number of aliphatic imine (C=N–C) groups is 1. The first-order chi connectivity index (χ1) is 14.3. The minimum absolute atomic E-state index is 0.0195. The topological polar surface area (TPSA) is 79.5 Å². The molecule has 1 aliphatic rings. The van der Waals surface area contributed by atoms with E-state index in [0.717, 1.165) is 23.9 Å². The summed E-state index contributed by atoms with van der Waals surface area (Å²) in [6, 6.07) is 7.32. The number of rotatable bonds is 5. The lowest BCUT2D eigenvalue weighted by Gasteiger charge is -2.18. The number of benzene rings is 2. The minimum atomic E-state index is -2.84. The Morgan fingerprint density at radius 1 is 1.30 bits per heavy atom. The maximum absolute atomic E-state index is 14.9. The number of halogens is 3. The van der Waals surface area contributed by atoms with Gasteiger partial charge in [0, 0.05) is 48.4 Å². The fourth-order valence-corrected chi connectivity index (χ4v) is 3.58. The van der Waals surface area contributed by atoms with Gasteiger partial charge in [0.25, 0.3) is 6.43 Å². The molecule has 158 valence electrons. The molecule has 2 aromatic rings. The molecular weight excluding hydrogens is 393 g/mol. The average molecular weight is 416 g/mol. The number of hydrogen-bond acceptors (Lipinski definition) is 4. The monoisotopic (exact) mass is 416 g/mol. The summed E-state index contributed by atoms with van der Waals surface area (Å²) in [4.78, 5) is 15.8. The third kappa shape index (κ3) is 4.48. The van der Waals surface area contributed by atoms with Crippen LogP contribution in [0.3, 0.4) is 0 Å². The third-order valence-electron chi connectivity index (χ3n) is 4.94. The van der Waals surface area contributed by atoms with Crippen molar-refractivity contribution in [2.24, 2.45) is 16.6 Å². The van der Waals surface area contributed by atoms with Crippen molar-refractivity contribution in [1.82, 2.24) is 0 Å². The predicted molar refractivity (Wildman–Crippen MR) is 114 cm³/mol. The summed E-state index contributed by atoms with van der Waals surface area (Å²) in [5.74, 6) is -0.710. The van der Waals surface area contributed by atoms with Crippen LogP contribution in [0, 0.1) is 11.7 Å². The lowest BCUT2D eigenvalue weighted by Crippen LogP contribution is -2.11. The standard InChI is InChI=1S/C22H23F3N4O/c1-12-6-16-18(4-3-5-19(16)29-21(30)7-12)28-20-9-15(22(24)25)14(8-17(20)23)13(10-26)11-27-2/h3-5,8-12,22,28H,6-7,26H2,1-2H3,(H,29,30)/t12-/m0/s1. The summed E-state index contributed by atoms with van der Waals surface area (Å²) in [5.41, 5.74) is 7.24. The van der Waals surface area contributed by atoms with Gasteiger partial charge in [0.05, 0.1) is 5.69 Å². The molecule has 0 saturated carbocycles. The average Bonchev–Trinajstić information content (AvgIpc) is 2.84. The second-order valence-electron chi connectivity index (χ2n) is 7.25. The van der Waals surface area contributed by atoms with Gasteiger partial charge in [0.2, 0.25) is 5.91 Å². The second kappa shape index (κ2) is 9.02. The first kappa shape index (κ1) is 21.4. The molecule has 0 radical (unpaired) electrons. The molecular formula is C22H23F3N4O. The van der Waals surface area contributed by atoms with Gasteiger partial charge in [-0.05, 0) is 47.7 Å². The maximum atomic E-state index is 14.9. The van der Waals surface area contributed by atoms with Crippen LogP contribution >= 0.6 is 0 Å². The summed E-state index contributed by atoms with van der Waals surface area (Å²) in [5, 5.41) is 5.77. The lowest BCUT2D eigenvalue weighted by atomic mass is 9.96. The number of nitrogens with two attached hydrogens (primary N) is 1. The fourth-order valence-electron chi connectivity index (χ4n) is 3.58. The van der Waals surface area contributed by atoms with Crippen molar-refractivity contribution in [1.29, 1.82) is 0 Å². The number of nitrogens with one attached hydrogen (secondary N) is 2. The van der Waals surface area contributed by atoms with Crippen LogP contribution in [0.25, 0.3) is 5.57 Å². The third-order valence-corrected chi connectivity index (χ3v) is 4.94. The molecule has 0 spiro atoms. The molecule has 1 atom stereocenters. The molecule has 1 aliphatic heterocycles. The Kier molecular flexibility index (Phi) is 6.44. The number of anilines is 3. The van der Waals surface area contributed by atoms with Gasteiger partial charge in [-0.25, -0.2) is 13.2 Å². The zero-order valence-electron chi connectivity index (χ0n) is 16.7. The van der Waals surface area contributed by atoms with Crippen molar-refractivity contribution >= 4 is 34.8 Å². The van der Waals surface area contributed by atoms with E-state index >= 15 is 0 Å². The molecule has 5 nitrogen and oxygen atoms in total. The van der Waals surface area contributed by atoms with Crippen LogP contribution in [0.15, 0.2) is 41.5 Å². The van der Waals surface area contributed by atoms with E-state index in [1.54, 1.807) is 18.2 Å². The lowest BCUT2D eigenvalue weighted by molar-refractivity contribution is -0.116. The van der Waals surface area contributed by atoms with Gasteiger partial charge < -0.3 is 16.4 Å². The van der Waals surface area contributed by atoms with Gasteiger partial charge in [-0.1, -0.05) is 13.0 Å². The van der Waals surface area contributed by atoms with Gasteiger partial charge in [-0.15, -0.1) is 0 Å². The summed E-state index contributed by atoms with van der Waals surface area (Å²) >= 11 is 0. The first-order valence-corrected chi connectivity index (χ1v) is 9.48. The molecule has 4 N–H and O–H groups in total. The van der Waals surface area contributed by atoms with Gasteiger partial charge in [-0.3, -0.25) is 9.79 Å². The first-order valence-electron chi connectivity index (χ1n) is 9.48. The van der Waals surface area contributed by atoms with E-state index in [1.807, 2.05) is 6.92 Å². The van der Waals surface area contributed by atoms with Crippen LogP contribution in [-0.4, -0.2) is 19.2 Å². The van der Waals surface area contributed by atoms with Crippen molar-refractivity contribution in [3.63, 3.8) is 0 Å². The van der Waals surface area contributed by atoms with E-state index < -0.39 is 12.2 Å². The molecule has 1 heterocycles. The zero-order chi connectivity index (χ0) is 21.8. The fraction of sp³-hybridized carbons (Fsp3) is 0.273. The van der Waals surface area contributed by atoms with Crippen LogP contribution in [0.4, 0.5) is 30.2 Å². The number of hydrogen-bond donors (Lipinski definition) is 3. The van der Waals surface area contributed by atoms with Crippen molar-refractivity contribution in [2.75, 3.05) is 17.7 Å². The van der Waals surface area contributed by atoms with Gasteiger partial charge in [-0.2, -0.15) is 0 Å². The quantitative estimate of drug-likeness (QED) is 0.598. The number of carbonyl (C=O) groups excluding carboxylic acids is 1. The summed E-state index contributed by atoms with van der Waals surface area (Å²) in [7, 11) is 1.47. The molecule has 0 bridgehead atoms. The van der Waals surface area contributed by atoms with Gasteiger partial charge in [0.1, 0.15) is 5.82 Å². The van der Waals surface area contributed by atoms with Gasteiger partial charge in [0.15, 0.2) is 0 Å². The van der Waals surface area contributed by atoms with E-state index in [-0.39, 0.29) is 34.2 Å². The number of amides is 1. The largest absolute Gasteiger partial charge is 0.404 e. The molecule has 0 fully saturated rings. The summed E-state index contributed by atoms with van der Waals surface area (Å²) in [6.45, 7) is 1.95. The molecule has 0 unspecified atom stereocenters. The maximum Gasteiger partial charge on any atom is 0.264 e. The Balaban J connectivity index is 2.06. The Morgan fingerprint density at radius 2 is 2.07 bits per heavy atom. The van der Waals surface area contributed by atoms with Crippen LogP contribution in [-0.2, 0) is 11.2 Å².